The van der Waals surface area contributed by atoms with Crippen LogP contribution in [0.15, 0.2) is 35.3 Å². The third kappa shape index (κ3) is 3.05. The molecule has 0 saturated carbocycles. The van der Waals surface area contributed by atoms with Gasteiger partial charge in [-0.1, -0.05) is 42.1 Å². The number of hydrogen-bond acceptors (Lipinski definition) is 4. The highest BCUT2D eigenvalue weighted by atomic mass is 32.2. The quantitative estimate of drug-likeness (QED) is 0.854. The molecule has 0 amide bonds. The normalized spacial score (nSPS) is 17.7. The van der Waals surface area contributed by atoms with E-state index in [1.165, 1.54) is 27.9 Å². The molecule has 2 rings (SSSR count). The van der Waals surface area contributed by atoms with Crippen LogP contribution in [0.4, 0.5) is 0 Å². The standard InChI is InChI=1S/C12H16N2O2S2/c1-10(11-6-4-3-5-7-11)17-12-13-8-9-14(12)18(2,15)16/h3-7,10H,8-9H2,1-2H3/t10-/m0/s1. The lowest BCUT2D eigenvalue weighted by atomic mass is 10.2. The monoisotopic (exact) mass is 284 g/mol. The Bertz CT molecular complexity index is 540. The maximum atomic E-state index is 11.6. The minimum Gasteiger partial charge on any atom is -0.260 e. The Labute approximate surface area is 112 Å². The van der Waals surface area contributed by atoms with Gasteiger partial charge in [0.2, 0.25) is 10.0 Å². The molecule has 0 aromatic heterocycles. The lowest BCUT2D eigenvalue weighted by Crippen LogP contribution is -2.32. The minimum atomic E-state index is -3.20. The zero-order valence-electron chi connectivity index (χ0n) is 10.4. The van der Waals surface area contributed by atoms with Crippen LogP contribution >= 0.6 is 11.8 Å². The predicted molar refractivity (Wildman–Crippen MR) is 76.3 cm³/mol. The second kappa shape index (κ2) is 5.32. The number of nitrogens with zero attached hydrogens (tertiary/aromatic N) is 2. The molecule has 1 aromatic carbocycles. The first-order valence-corrected chi connectivity index (χ1v) is 8.45. The summed E-state index contributed by atoms with van der Waals surface area (Å²) in [5, 5.41) is 0.793. The Balaban J connectivity index is 2.10. The molecule has 1 aliphatic heterocycles. The summed E-state index contributed by atoms with van der Waals surface area (Å²) in [4.78, 5) is 4.28. The number of rotatable bonds is 3. The number of aliphatic imine (C=N–C) groups is 1. The predicted octanol–water partition coefficient (Wildman–Crippen LogP) is 2.11. The number of sulfonamides is 1. The van der Waals surface area contributed by atoms with E-state index in [2.05, 4.69) is 11.9 Å². The van der Waals surface area contributed by atoms with E-state index in [-0.39, 0.29) is 5.25 Å². The number of amidine groups is 1. The van der Waals surface area contributed by atoms with Crippen molar-refractivity contribution in [2.24, 2.45) is 4.99 Å². The van der Waals surface area contributed by atoms with Crippen LogP contribution in [-0.2, 0) is 10.0 Å². The van der Waals surface area contributed by atoms with Gasteiger partial charge in [-0.25, -0.2) is 12.7 Å². The van der Waals surface area contributed by atoms with Gasteiger partial charge >= 0.3 is 0 Å². The highest BCUT2D eigenvalue weighted by Crippen LogP contribution is 2.32. The fourth-order valence-electron chi connectivity index (χ4n) is 1.76. The summed E-state index contributed by atoms with van der Waals surface area (Å²) in [6, 6.07) is 10.0. The van der Waals surface area contributed by atoms with Crippen LogP contribution in [0.3, 0.4) is 0 Å². The van der Waals surface area contributed by atoms with Crippen molar-refractivity contribution in [2.75, 3.05) is 19.3 Å². The van der Waals surface area contributed by atoms with Gasteiger partial charge in [0.25, 0.3) is 0 Å². The van der Waals surface area contributed by atoms with Gasteiger partial charge in [0.1, 0.15) is 0 Å². The van der Waals surface area contributed by atoms with Crippen LogP contribution in [0.1, 0.15) is 17.7 Å². The van der Waals surface area contributed by atoms with E-state index < -0.39 is 10.0 Å². The summed E-state index contributed by atoms with van der Waals surface area (Å²) < 4.78 is 24.6. The molecular weight excluding hydrogens is 268 g/mol. The van der Waals surface area contributed by atoms with E-state index in [0.29, 0.717) is 18.3 Å². The Morgan fingerprint density at radius 3 is 2.61 bits per heavy atom. The highest BCUT2D eigenvalue weighted by Gasteiger charge is 2.27. The van der Waals surface area contributed by atoms with Crippen LogP contribution in [0.5, 0.6) is 0 Å². The number of benzene rings is 1. The van der Waals surface area contributed by atoms with Crippen molar-refractivity contribution in [3.05, 3.63) is 35.9 Å². The van der Waals surface area contributed by atoms with Crippen LogP contribution in [-0.4, -0.2) is 37.2 Å². The van der Waals surface area contributed by atoms with Crippen molar-refractivity contribution in [1.82, 2.24) is 4.31 Å². The van der Waals surface area contributed by atoms with Gasteiger partial charge in [0.15, 0.2) is 5.17 Å². The minimum absolute atomic E-state index is 0.187. The third-order valence-electron chi connectivity index (χ3n) is 2.72. The fourth-order valence-corrected chi connectivity index (χ4v) is 4.04. The maximum absolute atomic E-state index is 11.6. The Hall–Kier alpha value is -1.01. The summed E-state index contributed by atoms with van der Waals surface area (Å²) in [6.45, 7) is 3.07. The molecule has 0 spiro atoms. The van der Waals surface area contributed by atoms with E-state index in [9.17, 15) is 8.42 Å². The molecule has 1 heterocycles. The number of hydrogen-bond donors (Lipinski definition) is 0. The number of thioether (sulfide) groups is 1. The lowest BCUT2D eigenvalue weighted by molar-refractivity contribution is 0.547. The van der Waals surface area contributed by atoms with E-state index in [4.69, 9.17) is 0 Å². The molecule has 1 aliphatic rings. The van der Waals surface area contributed by atoms with Crippen molar-refractivity contribution in [1.29, 1.82) is 0 Å². The molecule has 0 aliphatic carbocycles. The summed E-state index contributed by atoms with van der Waals surface area (Å²) in [5.41, 5.74) is 1.17. The van der Waals surface area contributed by atoms with Crippen molar-refractivity contribution < 1.29 is 8.42 Å². The van der Waals surface area contributed by atoms with Gasteiger partial charge in [-0.05, 0) is 12.5 Å². The molecule has 0 unspecified atom stereocenters. The van der Waals surface area contributed by atoms with Gasteiger partial charge in [0.05, 0.1) is 19.3 Å². The second-order valence-electron chi connectivity index (χ2n) is 4.17. The van der Waals surface area contributed by atoms with Gasteiger partial charge in [-0.3, -0.25) is 4.99 Å². The van der Waals surface area contributed by atoms with Crippen LogP contribution in [0.25, 0.3) is 0 Å². The first kappa shape index (κ1) is 13.4. The molecule has 4 nitrogen and oxygen atoms in total. The summed E-state index contributed by atoms with van der Waals surface area (Å²) in [5.74, 6) is 0. The van der Waals surface area contributed by atoms with E-state index >= 15 is 0 Å². The van der Waals surface area contributed by atoms with Crippen LogP contribution < -0.4 is 0 Å². The van der Waals surface area contributed by atoms with Gasteiger partial charge < -0.3 is 0 Å². The molecule has 0 fully saturated rings. The van der Waals surface area contributed by atoms with Crippen molar-refractivity contribution in [2.45, 2.75) is 12.2 Å². The molecule has 1 atom stereocenters. The molecule has 0 radical (unpaired) electrons. The first-order chi connectivity index (χ1) is 8.48. The molecule has 0 saturated heterocycles. The highest BCUT2D eigenvalue weighted by molar-refractivity contribution is 8.15. The average molecular weight is 284 g/mol. The molecule has 1 aromatic rings. The molecule has 6 heteroatoms. The van der Waals surface area contributed by atoms with Gasteiger partial charge in [-0.2, -0.15) is 0 Å². The van der Waals surface area contributed by atoms with Crippen LogP contribution in [0.2, 0.25) is 0 Å². The molecule has 0 N–H and O–H groups in total. The zero-order valence-corrected chi connectivity index (χ0v) is 12.0. The summed E-state index contributed by atoms with van der Waals surface area (Å²) >= 11 is 1.49. The first-order valence-electron chi connectivity index (χ1n) is 5.72. The molecule has 0 bridgehead atoms. The van der Waals surface area contributed by atoms with Crippen molar-refractivity contribution in [3.63, 3.8) is 0 Å². The Kier molecular flexibility index (Phi) is 3.97. The Morgan fingerprint density at radius 2 is 2.00 bits per heavy atom. The maximum Gasteiger partial charge on any atom is 0.233 e. The SMILES string of the molecule is C[C@H](SC1=NCCN1S(C)(=O)=O)c1ccccc1. The van der Waals surface area contributed by atoms with E-state index in [1.54, 1.807) is 0 Å². The van der Waals surface area contributed by atoms with Crippen molar-refractivity contribution >= 4 is 27.0 Å². The average Bonchev–Trinajstić information content (AvgIpc) is 2.78. The van der Waals surface area contributed by atoms with Gasteiger partial charge in [-0.15, -0.1) is 0 Å². The Morgan fingerprint density at radius 1 is 1.33 bits per heavy atom. The largest absolute Gasteiger partial charge is 0.260 e. The van der Waals surface area contributed by atoms with Gasteiger partial charge in [0, 0.05) is 5.25 Å². The van der Waals surface area contributed by atoms with Crippen LogP contribution in [0, 0.1) is 0 Å². The topological polar surface area (TPSA) is 49.7 Å². The summed E-state index contributed by atoms with van der Waals surface area (Å²) in [6.07, 6.45) is 1.22. The lowest BCUT2D eigenvalue weighted by Gasteiger charge is -2.19. The molecule has 18 heavy (non-hydrogen) atoms. The summed E-state index contributed by atoms with van der Waals surface area (Å²) in [7, 11) is -3.20. The molecule has 98 valence electrons. The van der Waals surface area contributed by atoms with E-state index in [1.807, 2.05) is 30.3 Å². The van der Waals surface area contributed by atoms with E-state index in [0.717, 1.165) is 0 Å². The molecular formula is C12H16N2O2S2. The third-order valence-corrected chi connectivity index (χ3v) is 5.17. The fraction of sp³-hybridized carbons (Fsp3) is 0.417. The second-order valence-corrected chi connectivity index (χ2v) is 7.38. The van der Waals surface area contributed by atoms with Crippen molar-refractivity contribution in [3.8, 4) is 0 Å². The smallest absolute Gasteiger partial charge is 0.233 e. The zero-order chi connectivity index (χ0) is 13.2.